The molecule has 0 radical (unpaired) electrons. The minimum atomic E-state index is -2.79. The summed E-state index contributed by atoms with van der Waals surface area (Å²) in [4.78, 5) is 0. The Hall–Kier alpha value is -1.32. The highest BCUT2D eigenvalue weighted by Crippen LogP contribution is 2.33. The topological polar surface area (TPSA) is 21.3 Å². The Morgan fingerprint density at radius 3 is 2.37 bits per heavy atom. The van der Waals surface area contributed by atoms with E-state index in [1.807, 2.05) is 6.07 Å². The van der Waals surface area contributed by atoms with E-state index in [9.17, 15) is 8.78 Å². The molecule has 19 heavy (non-hydrogen) atoms. The summed E-state index contributed by atoms with van der Waals surface area (Å²) in [5.74, 6) is 1.57. The molecular formula is C15H21F2NO. The lowest BCUT2D eigenvalue weighted by molar-refractivity contribution is -0.0494. The molecule has 0 amide bonds. The number of rotatable bonds is 4. The van der Waals surface area contributed by atoms with E-state index in [1.165, 1.54) is 6.42 Å². The fourth-order valence-electron chi connectivity index (χ4n) is 3.07. The van der Waals surface area contributed by atoms with E-state index < -0.39 is 6.61 Å². The molecule has 1 aromatic rings. The van der Waals surface area contributed by atoms with Gasteiger partial charge in [0.25, 0.3) is 0 Å². The van der Waals surface area contributed by atoms with Crippen molar-refractivity contribution < 1.29 is 13.5 Å². The number of ether oxygens (including phenoxy) is 1. The largest absolute Gasteiger partial charge is 0.433 e. The predicted molar refractivity (Wildman–Crippen MR) is 72.7 cm³/mol. The van der Waals surface area contributed by atoms with Gasteiger partial charge in [0.2, 0.25) is 0 Å². The molecule has 1 N–H and O–H groups in total. The van der Waals surface area contributed by atoms with Crippen LogP contribution >= 0.6 is 0 Å². The van der Waals surface area contributed by atoms with Crippen molar-refractivity contribution in [2.24, 2.45) is 11.8 Å². The van der Waals surface area contributed by atoms with Crippen molar-refractivity contribution in [2.75, 3.05) is 5.32 Å². The number of benzene rings is 1. The highest BCUT2D eigenvalue weighted by molar-refractivity contribution is 5.56. The van der Waals surface area contributed by atoms with Crippen LogP contribution in [0.2, 0.25) is 0 Å². The number of alkyl halides is 2. The van der Waals surface area contributed by atoms with Crippen LogP contribution in [0, 0.1) is 11.8 Å². The first-order chi connectivity index (χ1) is 9.04. The van der Waals surface area contributed by atoms with Gasteiger partial charge in [-0.15, -0.1) is 0 Å². The molecule has 0 spiro atoms. The van der Waals surface area contributed by atoms with Crippen LogP contribution in [0.3, 0.4) is 0 Å². The van der Waals surface area contributed by atoms with E-state index in [0.717, 1.165) is 12.8 Å². The zero-order valence-corrected chi connectivity index (χ0v) is 11.4. The standard InChI is InChI=1S/C15H21F2NO/c1-10-7-11(2)9-12(8-10)18-13-5-3-4-6-14(13)19-15(16)17/h3-6,10-12,15,18H,7-9H2,1-2H3. The van der Waals surface area contributed by atoms with E-state index in [-0.39, 0.29) is 5.75 Å². The van der Waals surface area contributed by atoms with Crippen molar-refractivity contribution in [3.8, 4) is 5.75 Å². The van der Waals surface area contributed by atoms with Gasteiger partial charge < -0.3 is 10.1 Å². The third-order valence-corrected chi connectivity index (χ3v) is 3.64. The normalized spacial score (nSPS) is 27.3. The van der Waals surface area contributed by atoms with Crippen LogP contribution in [0.4, 0.5) is 14.5 Å². The maximum atomic E-state index is 12.4. The van der Waals surface area contributed by atoms with E-state index in [2.05, 4.69) is 23.9 Å². The third-order valence-electron chi connectivity index (χ3n) is 3.64. The summed E-state index contributed by atoms with van der Waals surface area (Å²) in [7, 11) is 0. The van der Waals surface area contributed by atoms with E-state index in [1.54, 1.807) is 18.2 Å². The van der Waals surface area contributed by atoms with Gasteiger partial charge in [-0.3, -0.25) is 0 Å². The molecule has 2 nitrogen and oxygen atoms in total. The Labute approximate surface area is 113 Å². The van der Waals surface area contributed by atoms with Crippen LogP contribution < -0.4 is 10.1 Å². The Kier molecular flexibility index (Phi) is 4.61. The zero-order valence-electron chi connectivity index (χ0n) is 11.4. The van der Waals surface area contributed by atoms with Crippen molar-refractivity contribution >= 4 is 5.69 Å². The monoisotopic (exact) mass is 269 g/mol. The van der Waals surface area contributed by atoms with E-state index in [4.69, 9.17) is 0 Å². The number of anilines is 1. The van der Waals surface area contributed by atoms with Gasteiger partial charge in [0.05, 0.1) is 5.69 Å². The molecule has 2 atom stereocenters. The second-order valence-electron chi connectivity index (χ2n) is 5.63. The van der Waals surface area contributed by atoms with E-state index >= 15 is 0 Å². The zero-order chi connectivity index (χ0) is 13.8. The van der Waals surface area contributed by atoms with Crippen LogP contribution in [0.25, 0.3) is 0 Å². The number of para-hydroxylation sites is 2. The fourth-order valence-corrected chi connectivity index (χ4v) is 3.07. The Balaban J connectivity index is 2.05. The Morgan fingerprint density at radius 2 is 1.74 bits per heavy atom. The molecule has 0 bridgehead atoms. The van der Waals surface area contributed by atoms with Gasteiger partial charge in [-0.2, -0.15) is 8.78 Å². The van der Waals surface area contributed by atoms with Gasteiger partial charge in [-0.25, -0.2) is 0 Å². The average Bonchev–Trinajstić information content (AvgIpc) is 2.29. The van der Waals surface area contributed by atoms with E-state index in [0.29, 0.717) is 23.6 Å². The molecule has 106 valence electrons. The van der Waals surface area contributed by atoms with Gasteiger partial charge in [0.1, 0.15) is 5.75 Å². The molecule has 0 aliphatic heterocycles. The van der Waals surface area contributed by atoms with Crippen LogP contribution in [-0.4, -0.2) is 12.7 Å². The van der Waals surface area contributed by atoms with Crippen molar-refractivity contribution in [1.82, 2.24) is 0 Å². The first-order valence-electron chi connectivity index (χ1n) is 6.85. The summed E-state index contributed by atoms with van der Waals surface area (Å²) < 4.78 is 29.3. The smallest absolute Gasteiger partial charge is 0.387 e. The summed E-state index contributed by atoms with van der Waals surface area (Å²) in [6, 6.07) is 7.23. The predicted octanol–water partition coefficient (Wildman–Crippen LogP) is 4.52. The summed E-state index contributed by atoms with van der Waals surface area (Å²) >= 11 is 0. The summed E-state index contributed by atoms with van der Waals surface area (Å²) in [6.45, 7) is 1.70. The first kappa shape index (κ1) is 14.1. The molecule has 4 heteroatoms. The van der Waals surface area contributed by atoms with Crippen molar-refractivity contribution in [1.29, 1.82) is 0 Å². The van der Waals surface area contributed by atoms with Crippen molar-refractivity contribution in [3.63, 3.8) is 0 Å². The second kappa shape index (κ2) is 6.22. The van der Waals surface area contributed by atoms with Crippen LogP contribution in [-0.2, 0) is 0 Å². The van der Waals surface area contributed by atoms with Crippen molar-refractivity contribution in [2.45, 2.75) is 45.8 Å². The maximum Gasteiger partial charge on any atom is 0.387 e. The lowest BCUT2D eigenvalue weighted by atomic mass is 9.80. The Bertz CT molecular complexity index is 401. The molecule has 0 heterocycles. The number of halogens is 2. The van der Waals surface area contributed by atoms with Crippen molar-refractivity contribution in [3.05, 3.63) is 24.3 Å². The molecule has 1 aliphatic rings. The van der Waals surface area contributed by atoms with Gasteiger partial charge in [0.15, 0.2) is 0 Å². The van der Waals surface area contributed by atoms with Gasteiger partial charge in [0, 0.05) is 6.04 Å². The van der Waals surface area contributed by atoms with Crippen LogP contribution in [0.1, 0.15) is 33.1 Å². The summed E-state index contributed by atoms with van der Waals surface area (Å²) in [5, 5.41) is 3.36. The Morgan fingerprint density at radius 1 is 1.11 bits per heavy atom. The maximum absolute atomic E-state index is 12.4. The lowest BCUT2D eigenvalue weighted by Crippen LogP contribution is -2.30. The lowest BCUT2D eigenvalue weighted by Gasteiger charge is -2.33. The molecule has 0 saturated heterocycles. The van der Waals surface area contributed by atoms with Crippen LogP contribution in [0.15, 0.2) is 24.3 Å². The number of hydrogen-bond donors (Lipinski definition) is 1. The minimum absolute atomic E-state index is 0.225. The number of hydrogen-bond acceptors (Lipinski definition) is 2. The third kappa shape index (κ3) is 4.08. The summed E-state index contributed by atoms with van der Waals surface area (Å²) in [5.41, 5.74) is 0.661. The molecule has 0 aromatic heterocycles. The first-order valence-corrected chi connectivity index (χ1v) is 6.85. The summed E-state index contributed by atoms with van der Waals surface area (Å²) in [6.07, 6.45) is 3.40. The van der Waals surface area contributed by atoms with Gasteiger partial charge in [-0.1, -0.05) is 26.0 Å². The minimum Gasteiger partial charge on any atom is -0.433 e. The highest BCUT2D eigenvalue weighted by Gasteiger charge is 2.24. The highest BCUT2D eigenvalue weighted by atomic mass is 19.3. The average molecular weight is 269 g/mol. The molecule has 1 aromatic carbocycles. The SMILES string of the molecule is CC1CC(C)CC(Nc2ccccc2OC(F)F)C1. The molecular weight excluding hydrogens is 248 g/mol. The molecule has 1 saturated carbocycles. The van der Waals surface area contributed by atoms with Crippen LogP contribution in [0.5, 0.6) is 5.75 Å². The molecule has 1 fully saturated rings. The molecule has 2 rings (SSSR count). The number of nitrogens with one attached hydrogen (secondary N) is 1. The quantitative estimate of drug-likeness (QED) is 0.867. The fraction of sp³-hybridized carbons (Fsp3) is 0.600. The second-order valence-corrected chi connectivity index (χ2v) is 5.63. The molecule has 2 unspecified atom stereocenters. The van der Waals surface area contributed by atoms with Gasteiger partial charge >= 0.3 is 6.61 Å². The van der Waals surface area contributed by atoms with Gasteiger partial charge in [-0.05, 0) is 43.2 Å². The molecule has 1 aliphatic carbocycles.